The monoisotopic (exact) mass is 339 g/mol. The normalized spacial score (nSPS) is 21.3. The Bertz CT molecular complexity index is 666. The lowest BCUT2D eigenvalue weighted by atomic mass is 10.0. The first-order valence-corrected chi connectivity index (χ1v) is 9.14. The molecule has 5 heteroatoms. The maximum Gasteiger partial charge on any atom is 0.142 e. The molecule has 25 heavy (non-hydrogen) atoms. The van der Waals surface area contributed by atoms with E-state index in [-0.39, 0.29) is 6.10 Å². The van der Waals surface area contributed by atoms with E-state index in [0.29, 0.717) is 12.6 Å². The Morgan fingerprint density at radius 1 is 1.04 bits per heavy atom. The van der Waals surface area contributed by atoms with Gasteiger partial charge in [0.25, 0.3) is 0 Å². The Balaban J connectivity index is 1.35. The Morgan fingerprint density at radius 2 is 1.88 bits per heavy atom. The zero-order valence-corrected chi connectivity index (χ0v) is 14.4. The third-order valence-corrected chi connectivity index (χ3v) is 4.90. The number of hydrogen-bond acceptors (Lipinski definition) is 5. The molecule has 1 atom stereocenters. The van der Waals surface area contributed by atoms with Gasteiger partial charge in [-0.3, -0.25) is 0 Å². The predicted molar refractivity (Wildman–Crippen MR) is 99.4 cm³/mol. The van der Waals surface area contributed by atoms with Crippen LogP contribution in [0, 0.1) is 0 Å². The molecule has 132 valence electrons. The molecule has 2 aliphatic heterocycles. The van der Waals surface area contributed by atoms with E-state index in [2.05, 4.69) is 33.4 Å². The van der Waals surface area contributed by atoms with E-state index >= 15 is 0 Å². The minimum atomic E-state index is 0.175. The summed E-state index contributed by atoms with van der Waals surface area (Å²) in [6, 6.07) is 14.8. The van der Waals surface area contributed by atoms with Gasteiger partial charge in [0.2, 0.25) is 0 Å². The average Bonchev–Trinajstić information content (AvgIpc) is 3.18. The summed E-state index contributed by atoms with van der Waals surface area (Å²) in [4.78, 5) is 6.81. The van der Waals surface area contributed by atoms with Crippen molar-refractivity contribution in [1.29, 1.82) is 0 Å². The van der Waals surface area contributed by atoms with Crippen LogP contribution in [0.4, 0.5) is 11.5 Å². The van der Waals surface area contributed by atoms with Gasteiger partial charge in [0, 0.05) is 31.7 Å². The maximum absolute atomic E-state index is 6.13. The van der Waals surface area contributed by atoms with Gasteiger partial charge < -0.3 is 19.7 Å². The van der Waals surface area contributed by atoms with Gasteiger partial charge in [0.15, 0.2) is 0 Å². The predicted octanol–water partition coefficient (Wildman–Crippen LogP) is 3.33. The molecule has 1 N–H and O–H groups in total. The van der Waals surface area contributed by atoms with Crippen molar-refractivity contribution >= 4 is 11.5 Å². The SMILES string of the molecule is c1ccc(N2CCC(Nc3ccccc3O[C@@H]3CCOC3)CC2)nc1. The first-order valence-electron chi connectivity index (χ1n) is 9.14. The van der Waals surface area contributed by atoms with Crippen molar-refractivity contribution in [2.45, 2.75) is 31.4 Å². The second-order valence-electron chi connectivity index (χ2n) is 6.69. The second-order valence-corrected chi connectivity index (χ2v) is 6.69. The molecule has 2 fully saturated rings. The smallest absolute Gasteiger partial charge is 0.142 e. The first kappa shape index (κ1) is 16.2. The highest BCUT2D eigenvalue weighted by Crippen LogP contribution is 2.29. The molecule has 0 spiro atoms. The molecule has 0 aliphatic carbocycles. The fourth-order valence-corrected chi connectivity index (χ4v) is 3.49. The van der Waals surface area contributed by atoms with E-state index in [4.69, 9.17) is 9.47 Å². The number of piperidine rings is 1. The minimum absolute atomic E-state index is 0.175. The van der Waals surface area contributed by atoms with E-state index in [1.165, 1.54) is 0 Å². The molecule has 2 aliphatic rings. The van der Waals surface area contributed by atoms with Crippen molar-refractivity contribution < 1.29 is 9.47 Å². The van der Waals surface area contributed by atoms with Crippen LogP contribution in [0.5, 0.6) is 5.75 Å². The van der Waals surface area contributed by atoms with Crippen LogP contribution >= 0.6 is 0 Å². The largest absolute Gasteiger partial charge is 0.486 e. The second kappa shape index (κ2) is 7.74. The van der Waals surface area contributed by atoms with Crippen molar-refractivity contribution in [3.05, 3.63) is 48.7 Å². The van der Waals surface area contributed by atoms with Crippen LogP contribution in [-0.4, -0.2) is 43.4 Å². The highest BCUT2D eigenvalue weighted by Gasteiger charge is 2.22. The first-order chi connectivity index (χ1) is 12.4. The standard InChI is InChI=1S/C20H25N3O2/c1-2-6-19(25-17-10-14-24-15-17)18(5-1)22-16-8-12-23(13-9-16)20-7-3-4-11-21-20/h1-7,11,16-17,22H,8-10,12-15H2/t17-/m1/s1. The lowest BCUT2D eigenvalue weighted by Gasteiger charge is -2.34. The molecule has 2 aromatic rings. The van der Waals surface area contributed by atoms with Crippen LogP contribution in [0.1, 0.15) is 19.3 Å². The summed E-state index contributed by atoms with van der Waals surface area (Å²) in [5.41, 5.74) is 1.09. The number of ether oxygens (including phenoxy) is 2. The molecule has 5 nitrogen and oxygen atoms in total. The zero-order chi connectivity index (χ0) is 16.9. The number of anilines is 2. The van der Waals surface area contributed by atoms with E-state index in [1.54, 1.807) is 0 Å². The van der Waals surface area contributed by atoms with Crippen molar-refractivity contribution in [2.24, 2.45) is 0 Å². The molecule has 1 aromatic heterocycles. The van der Waals surface area contributed by atoms with Crippen molar-refractivity contribution in [1.82, 2.24) is 4.98 Å². The zero-order valence-electron chi connectivity index (χ0n) is 14.4. The minimum Gasteiger partial charge on any atom is -0.486 e. The molecule has 0 radical (unpaired) electrons. The Hall–Kier alpha value is -2.27. The van der Waals surface area contributed by atoms with E-state index in [1.807, 2.05) is 30.5 Å². The van der Waals surface area contributed by atoms with Crippen LogP contribution in [0.25, 0.3) is 0 Å². The van der Waals surface area contributed by atoms with Gasteiger partial charge in [-0.25, -0.2) is 4.98 Å². The third kappa shape index (κ3) is 4.04. The van der Waals surface area contributed by atoms with E-state index in [0.717, 1.165) is 56.2 Å². The lowest BCUT2D eigenvalue weighted by molar-refractivity contribution is 0.142. The highest BCUT2D eigenvalue weighted by atomic mass is 16.5. The summed E-state index contributed by atoms with van der Waals surface area (Å²) in [5.74, 6) is 2.01. The number of nitrogens with one attached hydrogen (secondary N) is 1. The number of aromatic nitrogens is 1. The molecular weight excluding hydrogens is 314 g/mol. The Morgan fingerprint density at radius 3 is 2.64 bits per heavy atom. The summed E-state index contributed by atoms with van der Waals surface area (Å²) >= 11 is 0. The number of nitrogens with zero attached hydrogens (tertiary/aromatic N) is 2. The summed E-state index contributed by atoms with van der Waals surface area (Å²) in [5, 5.41) is 3.68. The third-order valence-electron chi connectivity index (χ3n) is 4.90. The van der Waals surface area contributed by atoms with Gasteiger partial charge in [-0.05, 0) is 37.1 Å². The van der Waals surface area contributed by atoms with Gasteiger partial charge in [-0.15, -0.1) is 0 Å². The average molecular weight is 339 g/mol. The number of hydrogen-bond donors (Lipinski definition) is 1. The van der Waals surface area contributed by atoms with Crippen LogP contribution in [0.2, 0.25) is 0 Å². The summed E-state index contributed by atoms with van der Waals surface area (Å²) in [6.45, 7) is 3.53. The number of rotatable bonds is 5. The van der Waals surface area contributed by atoms with Crippen LogP contribution < -0.4 is 15.0 Å². The summed E-state index contributed by atoms with van der Waals surface area (Å²) in [7, 11) is 0. The Kier molecular flexibility index (Phi) is 5.02. The summed E-state index contributed by atoms with van der Waals surface area (Å²) in [6.07, 6.45) is 5.19. The summed E-state index contributed by atoms with van der Waals surface area (Å²) < 4.78 is 11.5. The van der Waals surface area contributed by atoms with Crippen LogP contribution in [-0.2, 0) is 4.74 Å². The van der Waals surface area contributed by atoms with E-state index in [9.17, 15) is 0 Å². The Labute approximate surface area is 149 Å². The number of para-hydroxylation sites is 2. The van der Waals surface area contributed by atoms with Crippen molar-refractivity contribution in [3.63, 3.8) is 0 Å². The number of benzene rings is 1. The fourth-order valence-electron chi connectivity index (χ4n) is 3.49. The molecule has 0 bridgehead atoms. The fraction of sp³-hybridized carbons (Fsp3) is 0.450. The number of pyridine rings is 1. The quantitative estimate of drug-likeness (QED) is 0.905. The molecule has 0 amide bonds. The van der Waals surface area contributed by atoms with Crippen molar-refractivity contribution in [3.8, 4) is 5.75 Å². The lowest BCUT2D eigenvalue weighted by Crippen LogP contribution is -2.39. The van der Waals surface area contributed by atoms with Gasteiger partial charge in [0.1, 0.15) is 17.7 Å². The molecule has 2 saturated heterocycles. The highest BCUT2D eigenvalue weighted by molar-refractivity contribution is 5.57. The molecule has 0 saturated carbocycles. The van der Waals surface area contributed by atoms with Crippen molar-refractivity contribution in [2.75, 3.05) is 36.5 Å². The van der Waals surface area contributed by atoms with Crippen LogP contribution in [0.3, 0.4) is 0 Å². The van der Waals surface area contributed by atoms with Gasteiger partial charge >= 0.3 is 0 Å². The molecule has 0 unspecified atom stereocenters. The molecule has 4 rings (SSSR count). The maximum atomic E-state index is 6.13. The van der Waals surface area contributed by atoms with Gasteiger partial charge in [-0.2, -0.15) is 0 Å². The topological polar surface area (TPSA) is 46.6 Å². The van der Waals surface area contributed by atoms with Crippen LogP contribution in [0.15, 0.2) is 48.7 Å². The van der Waals surface area contributed by atoms with E-state index < -0.39 is 0 Å². The molecule has 1 aromatic carbocycles. The van der Waals surface area contributed by atoms with Gasteiger partial charge in [0.05, 0.1) is 18.9 Å². The molecular formula is C20H25N3O2. The molecule has 3 heterocycles. The van der Waals surface area contributed by atoms with Gasteiger partial charge in [-0.1, -0.05) is 18.2 Å².